The summed E-state index contributed by atoms with van der Waals surface area (Å²) >= 11 is 0. The highest BCUT2D eigenvalue weighted by molar-refractivity contribution is 5.90. The fourth-order valence-electron chi connectivity index (χ4n) is 2.56. The number of para-hydroxylation sites is 1. The van der Waals surface area contributed by atoms with E-state index in [4.69, 9.17) is 4.99 Å². The molecule has 94 valence electrons. The number of hydrogen-bond acceptors (Lipinski definition) is 2. The maximum Gasteiger partial charge on any atom is 0.0723 e. The van der Waals surface area contributed by atoms with E-state index in [1.807, 2.05) is 48.8 Å². The quantitative estimate of drug-likeness (QED) is 0.692. The van der Waals surface area contributed by atoms with Crippen LogP contribution in [0.5, 0.6) is 0 Å². The van der Waals surface area contributed by atoms with Crippen LogP contribution in [0.15, 0.2) is 76.5 Å². The molecule has 0 fully saturated rings. The highest BCUT2D eigenvalue weighted by Gasteiger charge is 2.11. The van der Waals surface area contributed by atoms with Gasteiger partial charge in [-0.3, -0.25) is 4.99 Å². The molecule has 0 aliphatic carbocycles. The van der Waals surface area contributed by atoms with Crippen molar-refractivity contribution >= 4 is 17.9 Å². The zero-order chi connectivity index (χ0) is 13.4. The van der Waals surface area contributed by atoms with Crippen molar-refractivity contribution in [1.82, 2.24) is 0 Å². The van der Waals surface area contributed by atoms with E-state index in [9.17, 15) is 0 Å². The molecule has 2 aromatic rings. The van der Waals surface area contributed by atoms with Crippen molar-refractivity contribution in [2.75, 3.05) is 0 Å². The van der Waals surface area contributed by atoms with E-state index in [1.165, 1.54) is 5.22 Å². The fraction of sp³-hybridized carbons (Fsp3) is 0. The van der Waals surface area contributed by atoms with Crippen LogP contribution in [-0.4, -0.2) is 6.21 Å². The molecule has 0 spiro atoms. The molecule has 0 bridgehead atoms. The van der Waals surface area contributed by atoms with Gasteiger partial charge in [-0.15, -0.1) is 0 Å². The van der Waals surface area contributed by atoms with E-state index < -0.39 is 0 Å². The lowest BCUT2D eigenvalue weighted by molar-refractivity contribution is 1.33. The Kier molecular flexibility index (Phi) is 2.46. The molecule has 0 saturated carbocycles. The van der Waals surface area contributed by atoms with Crippen LogP contribution in [0, 0.1) is 0 Å². The zero-order valence-electron chi connectivity index (χ0n) is 10.8. The maximum atomic E-state index is 4.73. The Morgan fingerprint density at radius 1 is 0.800 bits per heavy atom. The van der Waals surface area contributed by atoms with Crippen molar-refractivity contribution in [3.63, 3.8) is 0 Å². The molecule has 2 nitrogen and oxygen atoms in total. The Balaban J connectivity index is 2.06. The van der Waals surface area contributed by atoms with Crippen molar-refractivity contribution in [2.24, 2.45) is 9.98 Å². The molecule has 2 heteroatoms. The maximum absolute atomic E-state index is 4.73. The van der Waals surface area contributed by atoms with E-state index in [0.717, 1.165) is 27.8 Å². The second kappa shape index (κ2) is 4.42. The largest absolute Gasteiger partial charge is 0.264 e. The van der Waals surface area contributed by atoms with E-state index >= 15 is 0 Å². The first-order valence-corrected chi connectivity index (χ1v) is 6.61. The van der Waals surface area contributed by atoms with Gasteiger partial charge in [0.25, 0.3) is 0 Å². The van der Waals surface area contributed by atoms with Crippen LogP contribution in [0.25, 0.3) is 11.6 Å². The lowest BCUT2D eigenvalue weighted by atomic mass is 10.0. The van der Waals surface area contributed by atoms with Crippen LogP contribution in [0.2, 0.25) is 0 Å². The monoisotopic (exact) mass is 256 g/mol. The number of benzene rings is 2. The average molecular weight is 256 g/mol. The van der Waals surface area contributed by atoms with Crippen molar-refractivity contribution in [1.29, 1.82) is 0 Å². The highest BCUT2D eigenvalue weighted by atomic mass is 14.8. The first-order chi connectivity index (χ1) is 9.92. The Hall–Kier alpha value is -2.74. The van der Waals surface area contributed by atoms with Gasteiger partial charge in [-0.25, -0.2) is 4.99 Å². The predicted molar refractivity (Wildman–Crippen MR) is 81.8 cm³/mol. The Labute approximate surface area is 116 Å². The van der Waals surface area contributed by atoms with Crippen LogP contribution < -0.4 is 10.6 Å². The number of hydrogen-bond donors (Lipinski definition) is 0. The Bertz CT molecular complexity index is 899. The summed E-state index contributed by atoms with van der Waals surface area (Å²) in [6.45, 7) is 0. The molecule has 2 heterocycles. The normalized spacial score (nSPS) is 15.2. The summed E-state index contributed by atoms with van der Waals surface area (Å²) in [4.78, 5) is 9.10. The molecular formula is C18H12N2. The summed E-state index contributed by atoms with van der Waals surface area (Å²) in [5, 5.41) is 2.20. The second-order valence-electron chi connectivity index (χ2n) is 4.80. The fourth-order valence-corrected chi connectivity index (χ4v) is 2.56. The van der Waals surface area contributed by atoms with Crippen LogP contribution in [0.1, 0.15) is 11.1 Å². The number of fused-ring (bicyclic) bond motifs is 3. The molecule has 4 rings (SSSR count). The number of aliphatic imine (C=N–C) groups is 1. The number of nitrogens with zero attached hydrogens (tertiary/aromatic N) is 2. The molecule has 0 atom stereocenters. The third-order valence-electron chi connectivity index (χ3n) is 3.54. The molecular weight excluding hydrogens is 244 g/mol. The van der Waals surface area contributed by atoms with E-state index in [-0.39, 0.29) is 0 Å². The summed E-state index contributed by atoms with van der Waals surface area (Å²) in [5.74, 6) is 0. The van der Waals surface area contributed by atoms with Crippen molar-refractivity contribution in [3.8, 4) is 0 Å². The standard InChI is InChI=1S/C18H12N2/c1-2-6-14-12-19-10-9-16-15-7-3-4-8-17(15)20-18(16)11-13(14)5-1/h1-12H. The molecule has 0 saturated heterocycles. The summed E-state index contributed by atoms with van der Waals surface area (Å²) in [7, 11) is 0. The topological polar surface area (TPSA) is 24.7 Å². The molecule has 2 aliphatic heterocycles. The van der Waals surface area contributed by atoms with E-state index in [2.05, 4.69) is 29.3 Å². The van der Waals surface area contributed by atoms with Crippen LogP contribution in [0.3, 0.4) is 0 Å². The third kappa shape index (κ3) is 1.74. The second-order valence-corrected chi connectivity index (χ2v) is 4.80. The lowest BCUT2D eigenvalue weighted by Gasteiger charge is -2.01. The summed E-state index contributed by atoms with van der Waals surface area (Å²) in [6, 6.07) is 16.4. The van der Waals surface area contributed by atoms with Crippen LogP contribution in [-0.2, 0) is 0 Å². The van der Waals surface area contributed by atoms with E-state index in [1.54, 1.807) is 0 Å². The summed E-state index contributed by atoms with van der Waals surface area (Å²) in [5.41, 5.74) is 4.39. The van der Waals surface area contributed by atoms with Gasteiger partial charge < -0.3 is 0 Å². The zero-order valence-corrected chi connectivity index (χ0v) is 10.8. The molecule has 0 aromatic heterocycles. The SMILES string of the molecule is C1=CC2=c3ccccc3=NC2=Cc2ccccc2C=N1. The van der Waals surface area contributed by atoms with Gasteiger partial charge in [0, 0.05) is 28.8 Å². The Morgan fingerprint density at radius 2 is 1.60 bits per heavy atom. The molecule has 0 N–H and O–H groups in total. The number of rotatable bonds is 0. The highest BCUT2D eigenvalue weighted by Crippen LogP contribution is 2.21. The van der Waals surface area contributed by atoms with Gasteiger partial charge in [0.2, 0.25) is 0 Å². The van der Waals surface area contributed by atoms with Gasteiger partial charge >= 0.3 is 0 Å². The minimum absolute atomic E-state index is 1.00. The van der Waals surface area contributed by atoms with Crippen LogP contribution >= 0.6 is 0 Å². The predicted octanol–water partition coefficient (Wildman–Crippen LogP) is 2.46. The van der Waals surface area contributed by atoms with Crippen molar-refractivity contribution < 1.29 is 0 Å². The lowest BCUT2D eigenvalue weighted by Crippen LogP contribution is -2.21. The van der Waals surface area contributed by atoms with Gasteiger partial charge in [-0.05, 0) is 23.8 Å². The molecule has 2 aromatic carbocycles. The van der Waals surface area contributed by atoms with E-state index in [0.29, 0.717) is 0 Å². The molecule has 0 amide bonds. The average Bonchev–Trinajstić information content (AvgIpc) is 2.85. The first kappa shape index (κ1) is 11.1. The van der Waals surface area contributed by atoms with Gasteiger partial charge in [-0.2, -0.15) is 0 Å². The van der Waals surface area contributed by atoms with Crippen molar-refractivity contribution in [3.05, 3.63) is 88.2 Å². The minimum Gasteiger partial charge on any atom is -0.264 e. The summed E-state index contributed by atoms with van der Waals surface area (Å²) in [6.07, 6.45) is 7.88. The minimum atomic E-state index is 1.00. The molecule has 20 heavy (non-hydrogen) atoms. The molecule has 0 unspecified atom stereocenters. The smallest absolute Gasteiger partial charge is 0.0723 e. The summed E-state index contributed by atoms with van der Waals surface area (Å²) < 4.78 is 0. The number of allylic oxidation sites excluding steroid dienone is 1. The Morgan fingerprint density at radius 3 is 2.55 bits per heavy atom. The van der Waals surface area contributed by atoms with Gasteiger partial charge in [0.05, 0.1) is 11.1 Å². The van der Waals surface area contributed by atoms with Gasteiger partial charge in [0.1, 0.15) is 0 Å². The third-order valence-corrected chi connectivity index (χ3v) is 3.54. The van der Waals surface area contributed by atoms with Crippen molar-refractivity contribution in [2.45, 2.75) is 0 Å². The van der Waals surface area contributed by atoms with Gasteiger partial charge in [-0.1, -0.05) is 42.5 Å². The molecule has 2 aliphatic rings. The first-order valence-electron chi connectivity index (χ1n) is 6.61. The van der Waals surface area contributed by atoms with Gasteiger partial charge in [0.15, 0.2) is 0 Å². The van der Waals surface area contributed by atoms with Crippen LogP contribution in [0.4, 0.5) is 0 Å². The molecule has 0 radical (unpaired) electrons.